The second-order valence-corrected chi connectivity index (χ2v) is 3.10. The number of hydrogen-bond acceptors (Lipinski definition) is 1. The van der Waals surface area contributed by atoms with Crippen molar-refractivity contribution in [3.05, 3.63) is 41.2 Å². The number of hydrogen-bond donors (Lipinski definition) is 1. The average Bonchev–Trinajstić information content (AvgIpc) is 2.37. The van der Waals surface area contributed by atoms with E-state index in [0.29, 0.717) is 6.07 Å². The molecule has 0 atom stereocenters. The normalized spacial score (nSPS) is 14.5. The third kappa shape index (κ3) is 1.60. The van der Waals surface area contributed by atoms with E-state index in [-0.39, 0.29) is 17.7 Å². The van der Waals surface area contributed by atoms with Gasteiger partial charge in [0.25, 0.3) is 0 Å². The van der Waals surface area contributed by atoms with Crippen LogP contribution < -0.4 is 5.32 Å². The number of carbonyl (C=O) groups excluding carboxylic acids is 1. The number of fused-ring (bicyclic) bond motifs is 1. The summed E-state index contributed by atoms with van der Waals surface area (Å²) in [5.41, 5.74) is -0.460. The fraction of sp³-hybridized carbons (Fsp3) is 0.100. The van der Waals surface area contributed by atoms with Gasteiger partial charge < -0.3 is 5.32 Å². The Kier molecular flexibility index (Phi) is 2.22. The van der Waals surface area contributed by atoms with Gasteiger partial charge in [0, 0.05) is 11.6 Å². The van der Waals surface area contributed by atoms with E-state index >= 15 is 0 Å². The first-order valence-electron chi connectivity index (χ1n) is 4.23. The Balaban J connectivity index is 2.65. The van der Waals surface area contributed by atoms with E-state index in [1.54, 1.807) is 0 Å². The van der Waals surface area contributed by atoms with Gasteiger partial charge >= 0.3 is 0 Å². The van der Waals surface area contributed by atoms with Crippen molar-refractivity contribution >= 4 is 11.6 Å². The summed E-state index contributed by atoms with van der Waals surface area (Å²) in [7, 11) is 0. The van der Waals surface area contributed by atoms with Crippen molar-refractivity contribution in [1.82, 2.24) is 0 Å². The van der Waals surface area contributed by atoms with Crippen LogP contribution in [0.25, 0.3) is 0 Å². The quantitative estimate of drug-likeness (QED) is 0.657. The first kappa shape index (κ1) is 9.76. The van der Waals surface area contributed by atoms with Crippen LogP contribution in [0.1, 0.15) is 5.56 Å². The summed E-state index contributed by atoms with van der Waals surface area (Å²) in [6, 6.07) is 0.416. The van der Waals surface area contributed by atoms with E-state index in [9.17, 15) is 18.0 Å². The van der Waals surface area contributed by atoms with Crippen molar-refractivity contribution in [1.29, 1.82) is 0 Å². The molecule has 1 aromatic rings. The van der Waals surface area contributed by atoms with Crippen molar-refractivity contribution in [2.45, 2.75) is 6.42 Å². The highest BCUT2D eigenvalue weighted by molar-refractivity contribution is 6.00. The van der Waals surface area contributed by atoms with Crippen LogP contribution in [0.5, 0.6) is 0 Å². The Labute approximate surface area is 83.4 Å². The smallest absolute Gasteiger partial charge is 0.248 e. The number of nitrogens with one attached hydrogen (secondary N) is 1. The van der Waals surface area contributed by atoms with Crippen LogP contribution in [-0.4, -0.2) is 5.91 Å². The lowest BCUT2D eigenvalue weighted by atomic mass is 10.1. The molecule has 0 saturated carbocycles. The summed E-state index contributed by atoms with van der Waals surface area (Å²) in [5.74, 6) is -3.91. The van der Waals surface area contributed by atoms with Gasteiger partial charge in [0.1, 0.15) is 5.82 Å². The summed E-state index contributed by atoms with van der Waals surface area (Å²) >= 11 is 0. The Morgan fingerprint density at radius 2 is 1.93 bits per heavy atom. The van der Waals surface area contributed by atoms with Crippen molar-refractivity contribution in [3.8, 4) is 0 Å². The van der Waals surface area contributed by atoms with Gasteiger partial charge in [-0.15, -0.1) is 0 Å². The average molecular weight is 213 g/mol. The minimum absolute atomic E-state index is 0.0193. The zero-order valence-corrected chi connectivity index (χ0v) is 7.48. The van der Waals surface area contributed by atoms with Crippen LogP contribution in [0.15, 0.2) is 18.2 Å². The second-order valence-electron chi connectivity index (χ2n) is 3.10. The molecule has 5 heteroatoms. The number of allylic oxidation sites excluding steroid dienone is 1. The first-order valence-corrected chi connectivity index (χ1v) is 4.23. The molecule has 0 radical (unpaired) electrons. The van der Waals surface area contributed by atoms with Crippen LogP contribution in [-0.2, 0) is 11.2 Å². The summed E-state index contributed by atoms with van der Waals surface area (Å²) in [4.78, 5) is 11.0. The van der Waals surface area contributed by atoms with Crippen LogP contribution in [0, 0.1) is 17.5 Å². The Morgan fingerprint density at radius 3 is 2.67 bits per heavy atom. The molecule has 0 aromatic heterocycles. The number of halogens is 3. The summed E-state index contributed by atoms with van der Waals surface area (Å²) in [6.45, 7) is 0. The maximum Gasteiger partial charge on any atom is 0.248 e. The third-order valence-electron chi connectivity index (χ3n) is 2.11. The molecule has 0 bridgehead atoms. The molecular formula is C10H6F3NO. The highest BCUT2D eigenvalue weighted by Gasteiger charge is 2.20. The van der Waals surface area contributed by atoms with Crippen LogP contribution >= 0.6 is 0 Å². The lowest BCUT2D eigenvalue weighted by molar-refractivity contribution is -0.111. The third-order valence-corrected chi connectivity index (χ3v) is 2.11. The zero-order chi connectivity index (χ0) is 11.0. The van der Waals surface area contributed by atoms with Gasteiger partial charge in [0.2, 0.25) is 5.91 Å². The predicted molar refractivity (Wildman–Crippen MR) is 47.8 cm³/mol. The lowest BCUT2D eigenvalue weighted by Crippen LogP contribution is -2.11. The molecule has 1 heterocycles. The largest absolute Gasteiger partial charge is 0.320 e. The molecule has 1 aliphatic rings. The molecule has 2 rings (SSSR count). The van der Waals surface area contributed by atoms with E-state index < -0.39 is 23.4 Å². The predicted octanol–water partition coefficient (Wildman–Crippen LogP) is 2.15. The zero-order valence-electron chi connectivity index (χ0n) is 7.48. The van der Waals surface area contributed by atoms with E-state index in [2.05, 4.69) is 5.32 Å². The monoisotopic (exact) mass is 213 g/mol. The number of rotatable bonds is 0. The number of benzene rings is 1. The highest BCUT2D eigenvalue weighted by atomic mass is 19.2. The molecule has 1 N–H and O–H groups in total. The van der Waals surface area contributed by atoms with Gasteiger partial charge in [0.05, 0.1) is 5.69 Å². The number of amides is 1. The molecule has 78 valence electrons. The molecule has 0 aliphatic carbocycles. The van der Waals surface area contributed by atoms with Gasteiger partial charge in [-0.3, -0.25) is 4.79 Å². The summed E-state index contributed by atoms with van der Waals surface area (Å²) < 4.78 is 39.3. The Bertz CT molecular complexity index is 468. The first-order chi connectivity index (χ1) is 7.09. The van der Waals surface area contributed by atoms with Crippen LogP contribution in [0.3, 0.4) is 0 Å². The van der Waals surface area contributed by atoms with Crippen molar-refractivity contribution in [2.24, 2.45) is 0 Å². The molecule has 1 amide bonds. The molecule has 1 aromatic carbocycles. The van der Waals surface area contributed by atoms with Crippen LogP contribution in [0.2, 0.25) is 0 Å². The standard InChI is InChI=1S/C10H6F3NO/c11-6-4-7(12)10-5(9(6)13)2-1-3-8(15)14-10/h1,3-4H,2H2,(H,14,15). The van der Waals surface area contributed by atoms with Crippen molar-refractivity contribution in [2.75, 3.05) is 5.32 Å². The van der Waals surface area contributed by atoms with Gasteiger partial charge in [-0.2, -0.15) is 0 Å². The van der Waals surface area contributed by atoms with Crippen LogP contribution in [0.4, 0.5) is 18.9 Å². The molecular weight excluding hydrogens is 207 g/mol. The van der Waals surface area contributed by atoms with E-state index in [1.807, 2.05) is 0 Å². The fourth-order valence-corrected chi connectivity index (χ4v) is 1.42. The Morgan fingerprint density at radius 1 is 1.20 bits per heavy atom. The lowest BCUT2D eigenvalue weighted by Gasteiger charge is -2.09. The SMILES string of the molecule is O=C1C=CCc2c(F)c(F)cc(F)c2N1. The topological polar surface area (TPSA) is 29.1 Å². The fourth-order valence-electron chi connectivity index (χ4n) is 1.42. The summed E-state index contributed by atoms with van der Waals surface area (Å²) in [6.07, 6.45) is 2.48. The maximum atomic E-state index is 13.2. The maximum absolute atomic E-state index is 13.2. The van der Waals surface area contributed by atoms with Crippen molar-refractivity contribution < 1.29 is 18.0 Å². The van der Waals surface area contributed by atoms with E-state index in [1.165, 1.54) is 6.08 Å². The minimum Gasteiger partial charge on any atom is -0.320 e. The molecule has 15 heavy (non-hydrogen) atoms. The molecule has 0 unspecified atom stereocenters. The molecule has 2 nitrogen and oxygen atoms in total. The summed E-state index contributed by atoms with van der Waals surface area (Å²) in [5, 5.41) is 2.15. The highest BCUT2D eigenvalue weighted by Crippen LogP contribution is 2.27. The molecule has 0 fully saturated rings. The molecule has 0 spiro atoms. The number of carbonyl (C=O) groups is 1. The van der Waals surface area contributed by atoms with E-state index in [0.717, 1.165) is 6.08 Å². The molecule has 0 saturated heterocycles. The van der Waals surface area contributed by atoms with Gasteiger partial charge in [-0.25, -0.2) is 13.2 Å². The minimum atomic E-state index is -1.25. The Hall–Kier alpha value is -1.78. The van der Waals surface area contributed by atoms with Gasteiger partial charge in [-0.1, -0.05) is 6.08 Å². The van der Waals surface area contributed by atoms with Crippen molar-refractivity contribution in [3.63, 3.8) is 0 Å². The number of anilines is 1. The van der Waals surface area contributed by atoms with Gasteiger partial charge in [-0.05, 0) is 12.5 Å². The second kappa shape index (κ2) is 3.42. The van der Waals surface area contributed by atoms with Gasteiger partial charge in [0.15, 0.2) is 11.6 Å². The van der Waals surface area contributed by atoms with E-state index in [4.69, 9.17) is 0 Å². The molecule has 1 aliphatic heterocycles.